The molecule has 1 unspecified atom stereocenters. The molecule has 0 aromatic heterocycles. The van der Waals surface area contributed by atoms with Crippen molar-refractivity contribution < 1.29 is 9.59 Å². The molecular formula is C11H20O2. The van der Waals surface area contributed by atoms with Crippen LogP contribution in [0.4, 0.5) is 0 Å². The summed E-state index contributed by atoms with van der Waals surface area (Å²) in [5.41, 5.74) is -0.930. The highest BCUT2D eigenvalue weighted by Gasteiger charge is 2.39. The molecule has 0 aromatic carbocycles. The Kier molecular flexibility index (Phi) is 3.42. The molecule has 13 heavy (non-hydrogen) atoms. The Morgan fingerprint density at radius 1 is 1.15 bits per heavy atom. The van der Waals surface area contributed by atoms with Crippen LogP contribution in [0.2, 0.25) is 0 Å². The number of hydrogen-bond acceptors (Lipinski definition) is 2. The lowest BCUT2D eigenvalue weighted by Gasteiger charge is -2.33. The van der Waals surface area contributed by atoms with Gasteiger partial charge in [-0.3, -0.25) is 4.79 Å². The topological polar surface area (TPSA) is 34.1 Å². The van der Waals surface area contributed by atoms with E-state index in [1.807, 2.05) is 34.6 Å². The van der Waals surface area contributed by atoms with Gasteiger partial charge in [-0.05, 0) is 0 Å². The van der Waals surface area contributed by atoms with Gasteiger partial charge in [-0.25, -0.2) is 0 Å². The van der Waals surface area contributed by atoms with Gasteiger partial charge in [0, 0.05) is 16.7 Å². The second kappa shape index (κ2) is 3.60. The summed E-state index contributed by atoms with van der Waals surface area (Å²) in [6.45, 7) is 11.1. The number of carbonyl (C=O) groups is 2. The fourth-order valence-corrected chi connectivity index (χ4v) is 1.34. The maximum Gasteiger partial charge on any atom is 0.144 e. The van der Waals surface area contributed by atoms with E-state index >= 15 is 0 Å². The van der Waals surface area contributed by atoms with Crippen molar-refractivity contribution in [3.63, 3.8) is 0 Å². The van der Waals surface area contributed by atoms with Crippen molar-refractivity contribution in [3.8, 4) is 0 Å². The Balaban J connectivity index is 4.84. The smallest absolute Gasteiger partial charge is 0.144 e. The van der Waals surface area contributed by atoms with E-state index in [0.29, 0.717) is 0 Å². The van der Waals surface area contributed by atoms with E-state index in [1.165, 1.54) is 0 Å². The summed E-state index contributed by atoms with van der Waals surface area (Å²) in [5.74, 6) is -0.0844. The maximum absolute atomic E-state index is 11.9. The molecular weight excluding hydrogens is 164 g/mol. The van der Waals surface area contributed by atoms with Gasteiger partial charge in [0.05, 0.1) is 0 Å². The summed E-state index contributed by atoms with van der Waals surface area (Å²) in [5, 5.41) is 0. The monoisotopic (exact) mass is 184 g/mol. The van der Waals surface area contributed by atoms with Crippen LogP contribution in [0.5, 0.6) is 0 Å². The molecule has 0 amide bonds. The lowest BCUT2D eigenvalue weighted by molar-refractivity contribution is -0.139. The molecule has 1 atom stereocenters. The van der Waals surface area contributed by atoms with E-state index < -0.39 is 5.41 Å². The molecule has 2 nitrogen and oxygen atoms in total. The van der Waals surface area contributed by atoms with Crippen molar-refractivity contribution >= 4 is 12.1 Å². The first-order chi connectivity index (χ1) is 5.64. The molecule has 0 N–H and O–H groups in total. The van der Waals surface area contributed by atoms with Crippen molar-refractivity contribution in [2.45, 2.75) is 41.5 Å². The highest BCUT2D eigenvalue weighted by molar-refractivity contribution is 5.90. The van der Waals surface area contributed by atoms with Gasteiger partial charge in [-0.2, -0.15) is 0 Å². The molecule has 0 aliphatic rings. The minimum atomic E-state index is -0.556. The van der Waals surface area contributed by atoms with E-state index in [4.69, 9.17) is 0 Å². The molecule has 0 spiro atoms. The second-order valence-electron chi connectivity index (χ2n) is 5.23. The van der Waals surface area contributed by atoms with Crippen molar-refractivity contribution in [2.75, 3.05) is 0 Å². The van der Waals surface area contributed by atoms with E-state index in [2.05, 4.69) is 0 Å². The highest BCUT2D eigenvalue weighted by Crippen LogP contribution is 2.34. The summed E-state index contributed by atoms with van der Waals surface area (Å²) in [4.78, 5) is 22.6. The molecule has 0 aliphatic carbocycles. The van der Waals surface area contributed by atoms with Crippen LogP contribution in [0, 0.1) is 16.7 Å². The number of hydrogen-bond donors (Lipinski definition) is 0. The summed E-state index contributed by atoms with van der Waals surface area (Å²) in [6, 6.07) is 0. The number of carbonyl (C=O) groups excluding carboxylic acids is 2. The quantitative estimate of drug-likeness (QED) is 0.631. The molecule has 0 heterocycles. The number of rotatable bonds is 3. The second-order valence-corrected chi connectivity index (χ2v) is 5.23. The zero-order chi connectivity index (χ0) is 10.9. The van der Waals surface area contributed by atoms with E-state index in [9.17, 15) is 9.59 Å². The summed E-state index contributed by atoms with van der Waals surface area (Å²) in [6.07, 6.45) is 0.851. The van der Waals surface area contributed by atoms with Gasteiger partial charge < -0.3 is 4.79 Å². The van der Waals surface area contributed by atoms with Gasteiger partial charge >= 0.3 is 0 Å². The molecule has 2 heteroatoms. The van der Waals surface area contributed by atoms with Gasteiger partial charge in [-0.1, -0.05) is 41.5 Å². The molecule has 0 aliphatic heterocycles. The number of aldehydes is 1. The molecule has 0 fully saturated rings. The Hall–Kier alpha value is -0.660. The fraction of sp³-hybridized carbons (Fsp3) is 0.818. The van der Waals surface area contributed by atoms with Crippen molar-refractivity contribution in [1.29, 1.82) is 0 Å². The van der Waals surface area contributed by atoms with Crippen LogP contribution >= 0.6 is 0 Å². The maximum atomic E-state index is 11.9. The highest BCUT2D eigenvalue weighted by atomic mass is 16.1. The van der Waals surface area contributed by atoms with E-state index in [1.54, 1.807) is 6.92 Å². The van der Waals surface area contributed by atoms with Crippen LogP contribution in [-0.4, -0.2) is 12.1 Å². The normalized spacial score (nSPS) is 15.2. The SMILES string of the molecule is CC(C=O)C(C)(C)C(=O)C(C)(C)C. The number of ketones is 1. The molecule has 0 saturated carbocycles. The predicted octanol–water partition coefficient (Wildman–Crippen LogP) is 2.46. The minimum absolute atomic E-state index is 0.139. The third-order valence-electron chi connectivity index (χ3n) is 2.61. The van der Waals surface area contributed by atoms with Gasteiger partial charge in [-0.15, -0.1) is 0 Å². The molecule has 0 radical (unpaired) electrons. The first-order valence-corrected chi connectivity index (χ1v) is 4.64. The Bertz CT molecular complexity index is 209. The Labute approximate surface area is 80.7 Å². The first-order valence-electron chi connectivity index (χ1n) is 4.64. The van der Waals surface area contributed by atoms with Crippen molar-refractivity contribution in [2.24, 2.45) is 16.7 Å². The fourth-order valence-electron chi connectivity index (χ4n) is 1.34. The lowest BCUT2D eigenvalue weighted by atomic mass is 9.69. The van der Waals surface area contributed by atoms with Crippen LogP contribution in [0.15, 0.2) is 0 Å². The summed E-state index contributed by atoms with van der Waals surface area (Å²) >= 11 is 0. The summed E-state index contributed by atoms with van der Waals surface area (Å²) in [7, 11) is 0. The minimum Gasteiger partial charge on any atom is -0.303 e. The number of Topliss-reactive ketones (excluding diaryl/α,β-unsaturated/α-hetero) is 1. The standard InChI is InChI=1S/C11H20O2/c1-8(7-12)11(5,6)9(13)10(2,3)4/h7-8H,1-6H3. The molecule has 0 saturated heterocycles. The molecule has 76 valence electrons. The Morgan fingerprint density at radius 3 is 1.77 bits per heavy atom. The molecule has 0 aromatic rings. The average molecular weight is 184 g/mol. The molecule has 0 bridgehead atoms. The van der Waals surface area contributed by atoms with E-state index in [0.717, 1.165) is 6.29 Å². The van der Waals surface area contributed by atoms with Gasteiger partial charge in [0.25, 0.3) is 0 Å². The van der Waals surface area contributed by atoms with Crippen LogP contribution < -0.4 is 0 Å². The van der Waals surface area contributed by atoms with Crippen LogP contribution in [0.25, 0.3) is 0 Å². The first kappa shape index (κ1) is 12.3. The molecule has 0 rings (SSSR count). The van der Waals surface area contributed by atoms with Gasteiger partial charge in [0.2, 0.25) is 0 Å². The van der Waals surface area contributed by atoms with Crippen molar-refractivity contribution in [3.05, 3.63) is 0 Å². The van der Waals surface area contributed by atoms with Crippen LogP contribution in [0.3, 0.4) is 0 Å². The van der Waals surface area contributed by atoms with Gasteiger partial charge in [0.1, 0.15) is 12.1 Å². The lowest BCUT2D eigenvalue weighted by Crippen LogP contribution is -2.40. The average Bonchev–Trinajstić information content (AvgIpc) is 1.99. The zero-order valence-corrected chi connectivity index (χ0v) is 9.47. The van der Waals surface area contributed by atoms with E-state index in [-0.39, 0.29) is 17.1 Å². The van der Waals surface area contributed by atoms with Crippen LogP contribution in [-0.2, 0) is 9.59 Å². The van der Waals surface area contributed by atoms with Crippen molar-refractivity contribution in [1.82, 2.24) is 0 Å². The zero-order valence-electron chi connectivity index (χ0n) is 9.47. The third-order valence-corrected chi connectivity index (χ3v) is 2.61. The van der Waals surface area contributed by atoms with Crippen LogP contribution in [0.1, 0.15) is 41.5 Å². The summed E-state index contributed by atoms with van der Waals surface area (Å²) < 4.78 is 0. The predicted molar refractivity (Wildman–Crippen MR) is 53.5 cm³/mol. The largest absolute Gasteiger partial charge is 0.303 e. The third kappa shape index (κ3) is 2.64. The van der Waals surface area contributed by atoms with Gasteiger partial charge in [0.15, 0.2) is 0 Å². The Morgan fingerprint density at radius 2 is 1.54 bits per heavy atom.